The third kappa shape index (κ3) is 4.84. The van der Waals surface area contributed by atoms with Crippen molar-refractivity contribution in [1.29, 1.82) is 0 Å². The lowest BCUT2D eigenvalue weighted by molar-refractivity contribution is -0.143. The van der Waals surface area contributed by atoms with E-state index in [-0.39, 0.29) is 24.9 Å². The third-order valence-electron chi connectivity index (χ3n) is 6.02. The summed E-state index contributed by atoms with van der Waals surface area (Å²) in [5, 5.41) is 2.22. The molecule has 0 spiro atoms. The summed E-state index contributed by atoms with van der Waals surface area (Å²) in [5.41, 5.74) is -3.66. The van der Waals surface area contributed by atoms with Crippen LogP contribution < -0.4 is 10.2 Å². The molecular weight excluding hydrogens is 450 g/mol. The number of hydrogen-bond acceptors (Lipinski definition) is 2. The van der Waals surface area contributed by atoms with Crippen molar-refractivity contribution in [3.05, 3.63) is 59.2 Å². The Hall–Kier alpha value is -3.04. The van der Waals surface area contributed by atoms with E-state index in [1.54, 1.807) is 45.0 Å². The lowest BCUT2D eigenvalue weighted by Gasteiger charge is -2.32. The number of aryl methyl sites for hydroxylation is 1. The molecule has 3 rings (SSSR count). The van der Waals surface area contributed by atoms with Crippen LogP contribution in [0.25, 0.3) is 0 Å². The van der Waals surface area contributed by atoms with Crippen molar-refractivity contribution in [3.63, 3.8) is 0 Å². The number of benzene rings is 2. The Kier molecular flexibility index (Phi) is 6.25. The molecule has 1 unspecified atom stereocenters. The van der Waals surface area contributed by atoms with Crippen LogP contribution in [-0.4, -0.2) is 18.4 Å². The maximum Gasteiger partial charge on any atom is 0.416 e. The van der Waals surface area contributed by atoms with Gasteiger partial charge >= 0.3 is 12.4 Å². The number of carbonyl (C=O) groups is 2. The molecular formula is C23H22F6N2O2. The number of hydrogen-bond donors (Lipinski definition) is 1. The highest BCUT2D eigenvalue weighted by Gasteiger charge is 2.51. The quantitative estimate of drug-likeness (QED) is 0.551. The SMILES string of the molecule is Cc1ccccc1N1CC(C(=O)Nc2cc(C(F)(F)F)cc(C(F)(F)F)c2)(C(C)C)CC1=O. The van der Waals surface area contributed by atoms with Crippen molar-refractivity contribution in [1.82, 2.24) is 0 Å². The number of rotatable bonds is 4. The molecule has 1 saturated heterocycles. The second-order valence-corrected chi connectivity index (χ2v) is 8.50. The molecule has 1 fully saturated rings. The van der Waals surface area contributed by atoms with Crippen molar-refractivity contribution in [3.8, 4) is 0 Å². The van der Waals surface area contributed by atoms with Crippen molar-refractivity contribution >= 4 is 23.2 Å². The smallest absolute Gasteiger partial charge is 0.326 e. The molecule has 4 nitrogen and oxygen atoms in total. The lowest BCUT2D eigenvalue weighted by atomic mass is 9.75. The van der Waals surface area contributed by atoms with E-state index in [9.17, 15) is 35.9 Å². The van der Waals surface area contributed by atoms with E-state index in [1.807, 2.05) is 0 Å². The minimum Gasteiger partial charge on any atom is -0.326 e. The Labute approximate surface area is 186 Å². The first kappa shape index (κ1) is 24.6. The number of carbonyl (C=O) groups excluding carboxylic acids is 2. The zero-order valence-electron chi connectivity index (χ0n) is 18.1. The van der Waals surface area contributed by atoms with E-state index < -0.39 is 46.4 Å². The Morgan fingerprint density at radius 1 is 1.00 bits per heavy atom. The molecule has 1 aliphatic heterocycles. The maximum absolute atomic E-state index is 13.3. The summed E-state index contributed by atoms with van der Waals surface area (Å²) in [6.07, 6.45) is -10.3. The molecule has 10 heteroatoms. The minimum atomic E-state index is -5.04. The van der Waals surface area contributed by atoms with Crippen LogP contribution in [0.3, 0.4) is 0 Å². The molecule has 0 aromatic heterocycles. The van der Waals surface area contributed by atoms with Crippen molar-refractivity contribution in [2.75, 3.05) is 16.8 Å². The van der Waals surface area contributed by atoms with Gasteiger partial charge in [-0.25, -0.2) is 0 Å². The lowest BCUT2D eigenvalue weighted by Crippen LogP contribution is -2.43. The van der Waals surface area contributed by atoms with Crippen LogP contribution in [0.1, 0.15) is 37.0 Å². The van der Waals surface area contributed by atoms with Gasteiger partial charge < -0.3 is 10.2 Å². The molecule has 2 amide bonds. The van der Waals surface area contributed by atoms with Crippen LogP contribution in [-0.2, 0) is 21.9 Å². The first-order valence-electron chi connectivity index (χ1n) is 10.1. The van der Waals surface area contributed by atoms with Crippen molar-refractivity contribution in [2.24, 2.45) is 11.3 Å². The van der Waals surface area contributed by atoms with Gasteiger partial charge in [-0.05, 0) is 42.7 Å². The highest BCUT2D eigenvalue weighted by atomic mass is 19.4. The average molecular weight is 472 g/mol. The highest BCUT2D eigenvalue weighted by molar-refractivity contribution is 6.06. The molecule has 1 N–H and O–H groups in total. The minimum absolute atomic E-state index is 0.00706. The van der Waals surface area contributed by atoms with Crippen molar-refractivity contribution < 1.29 is 35.9 Å². The number of halogens is 6. The average Bonchev–Trinajstić information content (AvgIpc) is 3.05. The zero-order chi connectivity index (χ0) is 24.8. The zero-order valence-corrected chi connectivity index (χ0v) is 18.1. The predicted octanol–water partition coefficient (Wildman–Crippen LogP) is 6.05. The molecule has 2 aromatic rings. The Balaban J connectivity index is 1.98. The Morgan fingerprint density at radius 3 is 2.03 bits per heavy atom. The highest BCUT2D eigenvalue weighted by Crippen LogP contribution is 2.43. The maximum atomic E-state index is 13.3. The molecule has 0 radical (unpaired) electrons. The number of nitrogens with one attached hydrogen (secondary N) is 1. The van der Waals surface area contributed by atoms with E-state index >= 15 is 0 Å². The predicted molar refractivity (Wildman–Crippen MR) is 110 cm³/mol. The van der Waals surface area contributed by atoms with Gasteiger partial charge in [-0.15, -0.1) is 0 Å². The fraction of sp³-hybridized carbons (Fsp3) is 0.391. The topological polar surface area (TPSA) is 49.4 Å². The normalized spacial score (nSPS) is 19.3. The van der Waals surface area contributed by atoms with E-state index in [1.165, 1.54) is 4.90 Å². The molecule has 178 valence electrons. The van der Waals surface area contributed by atoms with Gasteiger partial charge in [0.1, 0.15) is 0 Å². The molecule has 1 heterocycles. The summed E-state index contributed by atoms with van der Waals surface area (Å²) >= 11 is 0. The van der Waals surface area contributed by atoms with Gasteiger partial charge in [-0.1, -0.05) is 32.0 Å². The number of nitrogens with zero attached hydrogens (tertiary/aromatic N) is 1. The third-order valence-corrected chi connectivity index (χ3v) is 6.02. The molecule has 1 aliphatic rings. The van der Waals surface area contributed by atoms with E-state index in [0.717, 1.165) is 5.56 Å². The summed E-state index contributed by atoms with van der Waals surface area (Å²) < 4.78 is 79.0. The van der Waals surface area contributed by atoms with E-state index in [2.05, 4.69) is 5.32 Å². The molecule has 0 bridgehead atoms. The summed E-state index contributed by atoms with van der Waals surface area (Å²) in [4.78, 5) is 27.5. The molecule has 0 saturated carbocycles. The number of amides is 2. The first-order valence-corrected chi connectivity index (χ1v) is 10.1. The van der Waals surface area contributed by atoms with Crippen LogP contribution in [0, 0.1) is 18.3 Å². The fourth-order valence-electron chi connectivity index (χ4n) is 3.96. The van der Waals surface area contributed by atoms with Crippen LogP contribution in [0.2, 0.25) is 0 Å². The monoisotopic (exact) mass is 472 g/mol. The van der Waals surface area contributed by atoms with Crippen LogP contribution in [0.15, 0.2) is 42.5 Å². The van der Waals surface area contributed by atoms with Gasteiger partial charge in [-0.2, -0.15) is 26.3 Å². The van der Waals surface area contributed by atoms with E-state index in [0.29, 0.717) is 17.8 Å². The Bertz CT molecular complexity index is 1050. The largest absolute Gasteiger partial charge is 0.416 e. The number of anilines is 2. The van der Waals surface area contributed by atoms with Gasteiger partial charge in [0.15, 0.2) is 0 Å². The fourth-order valence-corrected chi connectivity index (χ4v) is 3.96. The van der Waals surface area contributed by atoms with Gasteiger partial charge in [0, 0.05) is 24.3 Å². The van der Waals surface area contributed by atoms with Crippen LogP contribution in [0.4, 0.5) is 37.7 Å². The van der Waals surface area contributed by atoms with Gasteiger partial charge in [0.05, 0.1) is 16.5 Å². The second kappa shape index (κ2) is 8.39. The standard InChI is InChI=1S/C23H22F6N2O2/c1-13(2)21(11-19(32)31(12-21)18-7-5-4-6-14(18)3)20(33)30-17-9-15(22(24,25)26)8-16(10-17)23(27,28)29/h4-10,13H,11-12H2,1-3H3,(H,30,33). The molecule has 1 atom stereocenters. The number of alkyl halides is 6. The molecule has 33 heavy (non-hydrogen) atoms. The van der Waals surface area contributed by atoms with Crippen LogP contribution in [0.5, 0.6) is 0 Å². The van der Waals surface area contributed by atoms with Crippen molar-refractivity contribution in [2.45, 2.75) is 39.5 Å². The van der Waals surface area contributed by atoms with Crippen LogP contribution >= 0.6 is 0 Å². The van der Waals surface area contributed by atoms with Gasteiger partial charge in [-0.3, -0.25) is 9.59 Å². The first-order chi connectivity index (χ1) is 15.1. The molecule has 2 aromatic carbocycles. The summed E-state index contributed by atoms with van der Waals surface area (Å²) in [6, 6.07) is 7.92. The summed E-state index contributed by atoms with van der Waals surface area (Å²) in [7, 11) is 0. The molecule has 0 aliphatic carbocycles. The van der Waals surface area contributed by atoms with Gasteiger partial charge in [0.2, 0.25) is 11.8 Å². The summed E-state index contributed by atoms with van der Waals surface area (Å²) in [6.45, 7) is 5.10. The summed E-state index contributed by atoms with van der Waals surface area (Å²) in [5.74, 6) is -1.59. The van der Waals surface area contributed by atoms with Gasteiger partial charge in [0.25, 0.3) is 0 Å². The number of para-hydroxylation sites is 1. The van der Waals surface area contributed by atoms with E-state index in [4.69, 9.17) is 0 Å². The second-order valence-electron chi connectivity index (χ2n) is 8.50. The Morgan fingerprint density at radius 2 is 1.55 bits per heavy atom.